The third-order valence-electron chi connectivity index (χ3n) is 8.50. The predicted molar refractivity (Wildman–Crippen MR) is 169 cm³/mol. The smallest absolute Gasteiger partial charge is 0.410 e. The summed E-state index contributed by atoms with van der Waals surface area (Å²) in [5, 5.41) is 5.93. The average Bonchev–Trinajstić information content (AvgIpc) is 3.82. The van der Waals surface area contributed by atoms with Gasteiger partial charge in [0.15, 0.2) is 0 Å². The topological polar surface area (TPSA) is 98.9 Å². The fraction of sp³-hybridized carbons (Fsp3) is 0.343. The molecule has 0 aliphatic carbocycles. The Balaban J connectivity index is 1.13. The number of amides is 1. The molecule has 2 saturated heterocycles. The predicted octanol–water partition coefficient (Wildman–Crippen LogP) is 7.78. The Bertz CT molecular complexity index is 1760. The quantitative estimate of drug-likeness (QED) is 0.199. The van der Waals surface area contributed by atoms with Gasteiger partial charge in [-0.25, -0.2) is 14.8 Å². The Morgan fingerprint density at radius 1 is 0.814 bits per heavy atom. The van der Waals surface area contributed by atoms with Crippen LogP contribution < -0.4 is 5.32 Å². The number of likely N-dealkylation sites (tertiary alicyclic amines) is 1. The van der Waals surface area contributed by atoms with Crippen LogP contribution in [0.25, 0.3) is 44.4 Å². The number of imidazole rings is 2. The molecule has 3 N–H and O–H groups in total. The van der Waals surface area contributed by atoms with Gasteiger partial charge in [0.2, 0.25) is 0 Å². The van der Waals surface area contributed by atoms with Crippen LogP contribution in [0.1, 0.15) is 70.2 Å². The maximum absolute atomic E-state index is 12.8. The summed E-state index contributed by atoms with van der Waals surface area (Å²) in [4.78, 5) is 31.0. The van der Waals surface area contributed by atoms with Crippen LogP contribution in [-0.4, -0.2) is 49.6 Å². The van der Waals surface area contributed by atoms with Gasteiger partial charge in [0, 0.05) is 12.1 Å². The third-order valence-corrected chi connectivity index (χ3v) is 8.50. The molecule has 2 aromatic heterocycles. The van der Waals surface area contributed by atoms with Gasteiger partial charge in [-0.2, -0.15) is 0 Å². The largest absolute Gasteiger partial charge is 0.444 e. The highest BCUT2D eigenvalue weighted by atomic mass is 16.6. The summed E-state index contributed by atoms with van der Waals surface area (Å²) in [7, 11) is 0. The Kier molecular flexibility index (Phi) is 7.01. The van der Waals surface area contributed by atoms with Gasteiger partial charge in [0.1, 0.15) is 17.2 Å². The molecule has 7 rings (SSSR count). The minimum atomic E-state index is -0.527. The normalized spacial score (nSPS) is 18.9. The molecule has 4 heterocycles. The Morgan fingerprint density at radius 3 is 2.23 bits per heavy atom. The van der Waals surface area contributed by atoms with E-state index in [2.05, 4.69) is 80.9 Å². The number of H-pyrrole nitrogens is 2. The Hall–Kier alpha value is -4.43. The number of hydrogen-bond acceptors (Lipinski definition) is 5. The zero-order valence-electron chi connectivity index (χ0n) is 25.0. The van der Waals surface area contributed by atoms with Crippen molar-refractivity contribution in [2.75, 3.05) is 13.1 Å². The van der Waals surface area contributed by atoms with Crippen molar-refractivity contribution in [2.45, 2.75) is 64.1 Å². The van der Waals surface area contributed by atoms with Crippen molar-refractivity contribution < 1.29 is 9.53 Å². The minimum absolute atomic E-state index is 0.104. The summed E-state index contributed by atoms with van der Waals surface area (Å²) in [6, 6.07) is 21.8. The summed E-state index contributed by atoms with van der Waals surface area (Å²) >= 11 is 0. The van der Waals surface area contributed by atoms with Gasteiger partial charge in [-0.05, 0) is 80.5 Å². The van der Waals surface area contributed by atoms with Crippen LogP contribution in [0.5, 0.6) is 0 Å². The zero-order valence-corrected chi connectivity index (χ0v) is 25.0. The van der Waals surface area contributed by atoms with E-state index in [1.165, 1.54) is 22.8 Å². The number of nitrogens with zero attached hydrogens (tertiary/aromatic N) is 3. The molecule has 0 bridgehead atoms. The van der Waals surface area contributed by atoms with E-state index in [0.29, 0.717) is 12.6 Å². The van der Waals surface area contributed by atoms with Crippen molar-refractivity contribution in [3.63, 3.8) is 0 Å². The standard InChI is InChI=1S/C35H38N6O2/c1-35(2,3)43-34(42)41-19-7-13-31(41)33-38-20-29(39-33)23-16-14-22(15-17-23)24-8-4-10-26-25(24)9-5-11-27(26)30-21-37-32(40-30)28-12-6-18-36-28/h4-5,8-11,14-17,20-21,28,31,36H,6-7,12-13,18-19H2,1-3H3,(H,37,40)(H,38,39). The first-order valence-electron chi connectivity index (χ1n) is 15.3. The lowest BCUT2D eigenvalue weighted by Crippen LogP contribution is -2.36. The summed E-state index contributed by atoms with van der Waals surface area (Å²) < 4.78 is 5.64. The van der Waals surface area contributed by atoms with Crippen LogP contribution in [0.3, 0.4) is 0 Å². The van der Waals surface area contributed by atoms with Crippen LogP contribution >= 0.6 is 0 Å². The van der Waals surface area contributed by atoms with E-state index in [1.807, 2.05) is 33.2 Å². The van der Waals surface area contributed by atoms with Crippen LogP contribution in [0.4, 0.5) is 4.79 Å². The van der Waals surface area contributed by atoms with Crippen LogP contribution in [0, 0.1) is 0 Å². The molecular weight excluding hydrogens is 536 g/mol. The lowest BCUT2D eigenvalue weighted by atomic mass is 9.94. The van der Waals surface area contributed by atoms with Crippen molar-refractivity contribution in [2.24, 2.45) is 0 Å². The van der Waals surface area contributed by atoms with Gasteiger partial charge in [0.05, 0.1) is 35.9 Å². The monoisotopic (exact) mass is 574 g/mol. The molecule has 0 radical (unpaired) electrons. The van der Waals surface area contributed by atoms with E-state index in [9.17, 15) is 4.79 Å². The van der Waals surface area contributed by atoms with Gasteiger partial charge < -0.3 is 20.0 Å². The van der Waals surface area contributed by atoms with Crippen LogP contribution in [0.2, 0.25) is 0 Å². The fourth-order valence-electron chi connectivity index (χ4n) is 6.44. The van der Waals surface area contributed by atoms with Gasteiger partial charge in [-0.1, -0.05) is 60.7 Å². The van der Waals surface area contributed by atoms with E-state index in [4.69, 9.17) is 9.72 Å². The van der Waals surface area contributed by atoms with Crippen molar-refractivity contribution in [3.8, 4) is 33.6 Å². The van der Waals surface area contributed by atoms with Crippen molar-refractivity contribution in [1.82, 2.24) is 30.2 Å². The maximum Gasteiger partial charge on any atom is 0.410 e. The van der Waals surface area contributed by atoms with Crippen molar-refractivity contribution in [3.05, 3.63) is 84.7 Å². The first kappa shape index (κ1) is 27.4. The molecule has 0 spiro atoms. The van der Waals surface area contributed by atoms with E-state index in [1.54, 1.807) is 4.90 Å². The van der Waals surface area contributed by atoms with Crippen molar-refractivity contribution >= 4 is 16.9 Å². The summed E-state index contributed by atoms with van der Waals surface area (Å²) in [6.07, 6.45) is 7.64. The number of aromatic nitrogens is 4. The number of nitrogens with one attached hydrogen (secondary N) is 3. The lowest BCUT2D eigenvalue weighted by molar-refractivity contribution is 0.0218. The Morgan fingerprint density at radius 2 is 1.49 bits per heavy atom. The van der Waals surface area contributed by atoms with Gasteiger partial charge in [-0.3, -0.25) is 4.90 Å². The Labute approximate surface area is 251 Å². The van der Waals surface area contributed by atoms with E-state index >= 15 is 0 Å². The summed E-state index contributed by atoms with van der Waals surface area (Å²) in [6.45, 7) is 7.41. The number of carbonyl (C=O) groups is 1. The molecule has 220 valence electrons. The molecule has 43 heavy (non-hydrogen) atoms. The van der Waals surface area contributed by atoms with E-state index < -0.39 is 5.60 Å². The molecule has 2 unspecified atom stereocenters. The van der Waals surface area contributed by atoms with Gasteiger partial charge in [-0.15, -0.1) is 0 Å². The molecule has 8 nitrogen and oxygen atoms in total. The highest BCUT2D eigenvalue weighted by molar-refractivity contribution is 6.04. The molecule has 1 amide bonds. The summed E-state index contributed by atoms with van der Waals surface area (Å²) in [5.74, 6) is 1.82. The van der Waals surface area contributed by atoms with Crippen LogP contribution in [0.15, 0.2) is 73.1 Å². The molecule has 0 saturated carbocycles. The van der Waals surface area contributed by atoms with Gasteiger partial charge in [0.25, 0.3) is 0 Å². The third kappa shape index (κ3) is 5.43. The zero-order chi connectivity index (χ0) is 29.6. The first-order chi connectivity index (χ1) is 20.8. The van der Waals surface area contributed by atoms with Crippen LogP contribution in [-0.2, 0) is 4.74 Å². The number of fused-ring (bicyclic) bond motifs is 1. The van der Waals surface area contributed by atoms with E-state index in [0.717, 1.165) is 65.5 Å². The molecule has 2 aliphatic heterocycles. The first-order valence-corrected chi connectivity index (χ1v) is 15.3. The number of hydrogen-bond donors (Lipinski definition) is 3. The highest BCUT2D eigenvalue weighted by Crippen LogP contribution is 2.36. The molecule has 5 aromatic rings. The number of ether oxygens (including phenoxy) is 1. The number of rotatable bonds is 5. The molecular formula is C35H38N6O2. The second kappa shape index (κ2) is 11.0. The lowest BCUT2D eigenvalue weighted by Gasteiger charge is -2.27. The number of carbonyl (C=O) groups excluding carboxylic acids is 1. The molecule has 3 aromatic carbocycles. The molecule has 2 fully saturated rings. The second-order valence-corrected chi connectivity index (χ2v) is 12.6. The molecule has 2 aliphatic rings. The number of benzene rings is 3. The second-order valence-electron chi connectivity index (χ2n) is 12.6. The summed E-state index contributed by atoms with van der Waals surface area (Å²) in [5.41, 5.74) is 6.00. The number of aromatic amines is 2. The van der Waals surface area contributed by atoms with E-state index in [-0.39, 0.29) is 12.1 Å². The highest BCUT2D eigenvalue weighted by Gasteiger charge is 2.34. The fourth-order valence-corrected chi connectivity index (χ4v) is 6.44. The van der Waals surface area contributed by atoms with Gasteiger partial charge >= 0.3 is 6.09 Å². The average molecular weight is 575 g/mol. The molecule has 2 atom stereocenters. The van der Waals surface area contributed by atoms with Crippen molar-refractivity contribution in [1.29, 1.82) is 0 Å². The maximum atomic E-state index is 12.8. The molecule has 8 heteroatoms. The minimum Gasteiger partial charge on any atom is -0.444 e. The SMILES string of the molecule is CC(C)(C)OC(=O)N1CCCC1c1ncc(-c2ccc(-c3cccc4c(-c5cnc(C6CCCN6)[nH]5)cccc34)cc2)[nH]1.